The molecule has 0 amide bonds. The fraction of sp³-hybridized carbons (Fsp3) is 0.286. The minimum Gasteiger partial charge on any atom is -0.497 e. The lowest BCUT2D eigenvalue weighted by molar-refractivity contribution is -0.135. The molecule has 0 radical (unpaired) electrons. The van der Waals surface area contributed by atoms with Crippen LogP contribution in [0.3, 0.4) is 0 Å². The van der Waals surface area contributed by atoms with Crippen LogP contribution in [-0.2, 0) is 23.4 Å². The van der Waals surface area contributed by atoms with Crippen LogP contribution in [0, 0.1) is 0 Å². The predicted molar refractivity (Wildman–Crippen MR) is 100.0 cm³/mol. The fourth-order valence-electron chi connectivity index (χ4n) is 4.35. The average molecular weight is 362 g/mol. The van der Waals surface area contributed by atoms with E-state index in [9.17, 15) is 14.7 Å². The van der Waals surface area contributed by atoms with E-state index in [4.69, 9.17) is 9.72 Å². The van der Waals surface area contributed by atoms with Gasteiger partial charge in [-0.2, -0.15) is 0 Å². The van der Waals surface area contributed by atoms with Gasteiger partial charge in [0.15, 0.2) is 5.78 Å². The summed E-state index contributed by atoms with van der Waals surface area (Å²) in [5.41, 5.74) is 2.37. The van der Waals surface area contributed by atoms with E-state index in [1.165, 1.54) is 6.07 Å². The molecule has 1 aromatic carbocycles. The SMILES string of the molecule is CCC1(O)C(=O)Cc2cc(=O)n3c(c21)-c1nc2ccc(OC)cc2cc1C3. The molecule has 0 fully saturated rings. The molecule has 1 unspecified atom stereocenters. The summed E-state index contributed by atoms with van der Waals surface area (Å²) in [5, 5.41) is 12.0. The number of rotatable bonds is 2. The monoisotopic (exact) mass is 362 g/mol. The van der Waals surface area contributed by atoms with Gasteiger partial charge in [0, 0.05) is 29.0 Å². The van der Waals surface area contributed by atoms with Crippen LogP contribution in [0.4, 0.5) is 0 Å². The third-order valence-electron chi connectivity index (χ3n) is 5.78. The van der Waals surface area contributed by atoms with E-state index < -0.39 is 5.60 Å². The summed E-state index contributed by atoms with van der Waals surface area (Å²) >= 11 is 0. The van der Waals surface area contributed by atoms with Crippen LogP contribution in [0.2, 0.25) is 0 Å². The lowest BCUT2D eigenvalue weighted by Gasteiger charge is -2.23. The first kappa shape index (κ1) is 16.2. The second-order valence-corrected chi connectivity index (χ2v) is 7.19. The topological polar surface area (TPSA) is 81.4 Å². The Hall–Kier alpha value is -2.99. The number of aromatic nitrogens is 2. The molecule has 1 aliphatic carbocycles. The summed E-state index contributed by atoms with van der Waals surface area (Å²) in [5.74, 6) is 0.483. The Bertz CT molecular complexity index is 1210. The van der Waals surface area contributed by atoms with E-state index in [1.54, 1.807) is 18.6 Å². The third kappa shape index (κ3) is 2.01. The van der Waals surface area contributed by atoms with Gasteiger partial charge in [0.25, 0.3) is 5.56 Å². The normalized spacial score (nSPS) is 19.9. The van der Waals surface area contributed by atoms with Gasteiger partial charge in [-0.3, -0.25) is 9.59 Å². The van der Waals surface area contributed by atoms with Crippen molar-refractivity contribution in [1.29, 1.82) is 0 Å². The molecule has 1 N–H and O–H groups in total. The lowest BCUT2D eigenvalue weighted by Crippen LogP contribution is -2.32. The van der Waals surface area contributed by atoms with Crippen LogP contribution < -0.4 is 10.3 Å². The van der Waals surface area contributed by atoms with Crippen LogP contribution in [0.5, 0.6) is 5.75 Å². The van der Waals surface area contributed by atoms with Crippen molar-refractivity contribution < 1.29 is 14.6 Å². The highest BCUT2D eigenvalue weighted by molar-refractivity contribution is 5.98. The van der Waals surface area contributed by atoms with Gasteiger partial charge < -0.3 is 14.4 Å². The molecule has 6 heteroatoms. The summed E-state index contributed by atoms with van der Waals surface area (Å²) in [6.45, 7) is 2.16. The number of benzene rings is 1. The number of ketones is 1. The molecule has 6 nitrogen and oxygen atoms in total. The number of pyridine rings is 2. The molecule has 0 saturated heterocycles. The van der Waals surface area contributed by atoms with Crippen molar-refractivity contribution in [1.82, 2.24) is 9.55 Å². The zero-order valence-electron chi connectivity index (χ0n) is 15.1. The minimum absolute atomic E-state index is 0.0862. The van der Waals surface area contributed by atoms with Gasteiger partial charge in [0.05, 0.1) is 30.6 Å². The number of hydrogen-bond donors (Lipinski definition) is 1. The van der Waals surface area contributed by atoms with E-state index >= 15 is 0 Å². The summed E-state index contributed by atoms with van der Waals surface area (Å²) in [6.07, 6.45) is 0.354. The lowest BCUT2D eigenvalue weighted by atomic mass is 9.90. The Kier molecular flexibility index (Phi) is 3.16. The molecule has 0 bridgehead atoms. The number of aliphatic hydroxyl groups is 1. The van der Waals surface area contributed by atoms with Crippen LogP contribution in [0.1, 0.15) is 30.0 Å². The first-order valence-corrected chi connectivity index (χ1v) is 8.97. The predicted octanol–water partition coefficient (Wildman–Crippen LogP) is 2.16. The molecule has 0 spiro atoms. The standard InChI is InChI=1S/C21H18N2O4/c1-3-21(26)16(24)8-12-9-17(25)23-10-13-6-11-7-14(27-2)4-5-15(11)22-19(13)20(23)18(12)21/h4-7,9,26H,3,8,10H2,1-2H3. The first-order chi connectivity index (χ1) is 13.0. The molecule has 5 rings (SSSR count). The molecule has 1 aliphatic heterocycles. The van der Waals surface area contributed by atoms with E-state index in [0.29, 0.717) is 29.1 Å². The Morgan fingerprint density at radius 3 is 2.78 bits per heavy atom. The van der Waals surface area contributed by atoms with E-state index in [2.05, 4.69) is 0 Å². The smallest absolute Gasteiger partial charge is 0.251 e. The summed E-state index contributed by atoms with van der Waals surface area (Å²) in [4.78, 5) is 29.9. The molecular formula is C21H18N2O4. The molecule has 2 aromatic heterocycles. The number of ether oxygens (including phenoxy) is 1. The summed E-state index contributed by atoms with van der Waals surface area (Å²) in [7, 11) is 1.61. The van der Waals surface area contributed by atoms with Crippen molar-refractivity contribution in [2.45, 2.75) is 31.9 Å². The average Bonchev–Trinajstić information content (AvgIpc) is 3.15. The molecule has 0 saturated carbocycles. The van der Waals surface area contributed by atoms with E-state index in [-0.39, 0.29) is 24.2 Å². The van der Waals surface area contributed by atoms with Crippen molar-refractivity contribution >= 4 is 16.7 Å². The number of hydrogen-bond acceptors (Lipinski definition) is 5. The Morgan fingerprint density at radius 1 is 1.22 bits per heavy atom. The van der Waals surface area contributed by atoms with Crippen molar-refractivity contribution in [2.24, 2.45) is 0 Å². The molecule has 27 heavy (non-hydrogen) atoms. The second kappa shape index (κ2) is 5.27. The highest BCUT2D eigenvalue weighted by atomic mass is 16.5. The maximum atomic E-state index is 12.7. The van der Waals surface area contributed by atoms with Crippen molar-refractivity contribution in [3.05, 3.63) is 57.4 Å². The van der Waals surface area contributed by atoms with E-state index in [0.717, 1.165) is 22.2 Å². The van der Waals surface area contributed by atoms with Gasteiger partial charge in [-0.15, -0.1) is 0 Å². The summed E-state index contributed by atoms with van der Waals surface area (Å²) in [6, 6.07) is 9.10. The number of Topliss-reactive ketones (excluding diaryl/α,β-unsaturated/α-hetero) is 1. The minimum atomic E-state index is -1.56. The van der Waals surface area contributed by atoms with Crippen molar-refractivity contribution in [3.63, 3.8) is 0 Å². The van der Waals surface area contributed by atoms with Crippen LogP contribution in [-0.4, -0.2) is 27.6 Å². The summed E-state index contributed by atoms with van der Waals surface area (Å²) < 4.78 is 6.90. The van der Waals surface area contributed by atoms with Gasteiger partial charge in [-0.1, -0.05) is 6.92 Å². The number of carbonyl (C=O) groups excluding carboxylic acids is 1. The zero-order valence-corrected chi connectivity index (χ0v) is 15.1. The number of nitrogens with zero attached hydrogens (tertiary/aromatic N) is 2. The highest BCUT2D eigenvalue weighted by Gasteiger charge is 2.47. The Labute approximate surface area is 155 Å². The molecular weight excluding hydrogens is 344 g/mol. The quantitative estimate of drug-likeness (QED) is 0.591. The molecule has 1 atom stereocenters. The fourth-order valence-corrected chi connectivity index (χ4v) is 4.35. The van der Waals surface area contributed by atoms with Gasteiger partial charge >= 0.3 is 0 Å². The maximum Gasteiger partial charge on any atom is 0.251 e. The molecule has 3 heterocycles. The van der Waals surface area contributed by atoms with Crippen LogP contribution in [0.25, 0.3) is 22.3 Å². The number of carbonyl (C=O) groups is 1. The zero-order chi connectivity index (χ0) is 18.9. The number of fused-ring (bicyclic) bond motifs is 6. The van der Waals surface area contributed by atoms with Crippen LogP contribution in [0.15, 0.2) is 35.1 Å². The van der Waals surface area contributed by atoms with Gasteiger partial charge in [-0.25, -0.2) is 4.98 Å². The van der Waals surface area contributed by atoms with Crippen molar-refractivity contribution in [3.8, 4) is 17.1 Å². The molecule has 136 valence electrons. The maximum absolute atomic E-state index is 12.7. The van der Waals surface area contributed by atoms with Gasteiger partial charge in [0.2, 0.25) is 0 Å². The van der Waals surface area contributed by atoms with E-state index in [1.807, 2.05) is 24.3 Å². The van der Waals surface area contributed by atoms with Crippen molar-refractivity contribution in [2.75, 3.05) is 7.11 Å². The number of methoxy groups -OCH3 is 1. The first-order valence-electron chi connectivity index (χ1n) is 8.97. The third-order valence-corrected chi connectivity index (χ3v) is 5.78. The Balaban J connectivity index is 1.84. The highest BCUT2D eigenvalue weighted by Crippen LogP contribution is 2.45. The largest absolute Gasteiger partial charge is 0.497 e. The molecule has 3 aromatic rings. The van der Waals surface area contributed by atoms with Gasteiger partial charge in [0.1, 0.15) is 11.4 Å². The van der Waals surface area contributed by atoms with Gasteiger partial charge in [-0.05, 0) is 36.2 Å². The molecule has 2 aliphatic rings. The Morgan fingerprint density at radius 2 is 2.04 bits per heavy atom. The van der Waals surface area contributed by atoms with Crippen LogP contribution >= 0.6 is 0 Å². The second-order valence-electron chi connectivity index (χ2n) is 7.19.